The van der Waals surface area contributed by atoms with E-state index in [9.17, 15) is 4.79 Å². The number of carbonyl (C=O) groups is 1. The van der Waals surface area contributed by atoms with Gasteiger partial charge in [-0.1, -0.05) is 32.6 Å². The van der Waals surface area contributed by atoms with Crippen LogP contribution in [0.2, 0.25) is 0 Å². The quantitative estimate of drug-likeness (QED) is 0.146. The van der Waals surface area contributed by atoms with E-state index in [2.05, 4.69) is 34.8 Å². The third-order valence-corrected chi connectivity index (χ3v) is 5.37. The lowest BCUT2D eigenvalue weighted by molar-refractivity contribution is 0.0953. The van der Waals surface area contributed by atoms with Gasteiger partial charge in [-0.05, 0) is 76.9 Å². The fourth-order valence-corrected chi connectivity index (χ4v) is 4.01. The first-order chi connectivity index (χ1) is 14.9. The molecule has 0 saturated heterocycles. The van der Waals surface area contributed by atoms with Crippen LogP contribution in [0.4, 0.5) is 11.4 Å². The van der Waals surface area contributed by atoms with Gasteiger partial charge in [-0.25, -0.2) is 5.84 Å². The second kappa shape index (κ2) is 13.2. The van der Waals surface area contributed by atoms with Crippen molar-refractivity contribution in [3.63, 3.8) is 0 Å². The summed E-state index contributed by atoms with van der Waals surface area (Å²) in [6, 6.07) is 13.0. The van der Waals surface area contributed by atoms with Gasteiger partial charge in [0.1, 0.15) is 0 Å². The highest BCUT2D eigenvalue weighted by molar-refractivity contribution is 7.44. The summed E-state index contributed by atoms with van der Waals surface area (Å²) in [4.78, 5) is 11.8. The molecule has 0 saturated carbocycles. The Hall–Kier alpha value is -3.13. The number of nitrogens with one attached hydrogen (secondary N) is 3. The monoisotopic (exact) mass is 437 g/mol. The Balaban J connectivity index is 0.00000233. The van der Waals surface area contributed by atoms with Gasteiger partial charge in [0.2, 0.25) is 0 Å². The van der Waals surface area contributed by atoms with Crippen LogP contribution in [0.3, 0.4) is 0 Å². The molecule has 2 atom stereocenters. The molecule has 0 aliphatic carbocycles. The largest absolute Gasteiger partial charge is 0.374 e. The van der Waals surface area contributed by atoms with Gasteiger partial charge in [-0.3, -0.25) is 10.2 Å². The number of rotatable bonds is 8. The van der Waals surface area contributed by atoms with Crippen LogP contribution in [0, 0.1) is 25.2 Å². The van der Waals surface area contributed by atoms with Gasteiger partial charge in [0.05, 0.1) is 17.4 Å². The third-order valence-electron chi connectivity index (χ3n) is 4.25. The van der Waals surface area contributed by atoms with Crippen molar-refractivity contribution < 1.29 is 4.79 Å². The zero-order valence-electron chi connectivity index (χ0n) is 18.8. The highest BCUT2D eigenvalue weighted by Crippen LogP contribution is 2.33. The van der Waals surface area contributed by atoms with E-state index in [1.807, 2.05) is 65.0 Å². The van der Waals surface area contributed by atoms with Crippen LogP contribution in [0.1, 0.15) is 47.8 Å². The Labute approximate surface area is 187 Å². The van der Waals surface area contributed by atoms with Crippen molar-refractivity contribution in [2.75, 3.05) is 10.6 Å². The minimum atomic E-state index is -0.311. The number of nitriles is 1. The Morgan fingerprint density at radius 1 is 1.19 bits per heavy atom. The number of amides is 1. The Morgan fingerprint density at radius 2 is 1.77 bits per heavy atom. The summed E-state index contributed by atoms with van der Waals surface area (Å²) in [5.74, 6) is 4.98. The number of benzene rings is 2. The minimum absolute atomic E-state index is 0.0463. The van der Waals surface area contributed by atoms with E-state index < -0.39 is 0 Å². The zero-order chi connectivity index (χ0) is 23.4. The lowest BCUT2D eigenvalue weighted by Gasteiger charge is -2.22. The smallest absolute Gasteiger partial charge is 0.265 e. The zero-order valence-corrected chi connectivity index (χ0v) is 19.8. The summed E-state index contributed by atoms with van der Waals surface area (Å²) in [6.45, 7) is 14.0. The molecule has 0 aromatic heterocycles. The average molecular weight is 438 g/mol. The van der Waals surface area contributed by atoms with Crippen LogP contribution >= 0.6 is 8.58 Å². The molecule has 0 aliphatic rings. The highest BCUT2D eigenvalue weighted by Gasteiger charge is 2.13. The van der Waals surface area contributed by atoms with Crippen molar-refractivity contribution in [1.29, 1.82) is 5.26 Å². The molecule has 31 heavy (non-hydrogen) atoms. The van der Waals surface area contributed by atoms with E-state index in [0.29, 0.717) is 19.7 Å². The molecule has 2 rings (SSSR count). The number of nitrogens with zero attached hydrogens (tertiary/aromatic N) is 1. The first-order valence-electron chi connectivity index (χ1n) is 10.1. The summed E-state index contributed by atoms with van der Waals surface area (Å²) < 4.78 is 0. The summed E-state index contributed by atoms with van der Waals surface area (Å²) in [7, 11) is 0.370. The highest BCUT2D eigenvalue weighted by atomic mass is 31.1. The molecule has 0 heterocycles. The van der Waals surface area contributed by atoms with Crippen molar-refractivity contribution in [1.82, 2.24) is 5.43 Å². The summed E-state index contributed by atoms with van der Waals surface area (Å²) >= 11 is 0. The lowest BCUT2D eigenvalue weighted by Crippen LogP contribution is -2.30. The fraction of sp³-hybridized carbons (Fsp3) is 0.250. The van der Waals surface area contributed by atoms with Crippen LogP contribution in [0.5, 0.6) is 0 Å². The second-order valence-electron chi connectivity index (χ2n) is 6.54. The van der Waals surface area contributed by atoms with E-state index in [-0.39, 0.29) is 11.7 Å². The second-order valence-corrected chi connectivity index (χ2v) is 8.06. The van der Waals surface area contributed by atoms with E-state index >= 15 is 0 Å². The number of nitrogens with two attached hydrogens (primary N) is 1. The van der Waals surface area contributed by atoms with E-state index in [0.717, 1.165) is 27.9 Å². The van der Waals surface area contributed by atoms with Gasteiger partial charge in [-0.2, -0.15) is 5.26 Å². The van der Waals surface area contributed by atoms with Gasteiger partial charge in [0.25, 0.3) is 5.91 Å². The number of nitrogen functional groups attached to an aromatic ring is 1. The number of carbonyl (C=O) groups excluding carboxylic acids is 1. The molecule has 0 aliphatic heterocycles. The molecule has 5 N–H and O–H groups in total. The van der Waals surface area contributed by atoms with Crippen molar-refractivity contribution in [3.8, 4) is 6.07 Å². The van der Waals surface area contributed by atoms with Crippen molar-refractivity contribution in [3.05, 3.63) is 82.8 Å². The predicted molar refractivity (Wildman–Crippen MR) is 133 cm³/mol. The van der Waals surface area contributed by atoms with Crippen molar-refractivity contribution in [2.45, 2.75) is 40.4 Å². The Morgan fingerprint density at radius 3 is 2.26 bits per heavy atom. The van der Waals surface area contributed by atoms with Crippen molar-refractivity contribution in [2.24, 2.45) is 5.84 Å². The van der Waals surface area contributed by atoms with Crippen LogP contribution in [0.25, 0.3) is 0 Å². The summed E-state index contributed by atoms with van der Waals surface area (Å²) in [5, 5.41) is 15.8. The fourth-order valence-electron chi connectivity index (χ4n) is 2.91. The molecule has 2 unspecified atom stereocenters. The number of hydrogen-bond donors (Lipinski definition) is 4. The minimum Gasteiger partial charge on any atom is -0.374 e. The molecule has 0 spiro atoms. The lowest BCUT2D eigenvalue weighted by atomic mass is 10.0. The van der Waals surface area contributed by atoms with Gasteiger partial charge in [-0.15, -0.1) is 0 Å². The standard InChI is InChI=1S/C22H26N5OP.C2H6/c1-5-6-20(29-16(4)25-19-9-7-17(13-23)8-10-19)26-21-14(2)11-18(12-15(21)3)22(28)27-24;1-2/h5-12,20,25-26,29H,4,24H2,1-3H3,(H,27,28);1-2H3/b6-5-;. The first kappa shape index (κ1) is 25.9. The van der Waals surface area contributed by atoms with Crippen LogP contribution in [0.15, 0.2) is 60.6 Å². The SMILES string of the molecule is C=C(Nc1ccc(C#N)cc1)PC(/C=C\C)Nc1c(C)cc(C(=O)NN)cc1C.CC. The van der Waals surface area contributed by atoms with Crippen LogP contribution in [-0.4, -0.2) is 11.7 Å². The topological polar surface area (TPSA) is 103 Å². The maximum absolute atomic E-state index is 11.8. The maximum atomic E-state index is 11.8. The maximum Gasteiger partial charge on any atom is 0.265 e. The molecule has 0 fully saturated rings. The molecular formula is C24H32N5OP. The molecule has 164 valence electrons. The van der Waals surface area contributed by atoms with E-state index in [4.69, 9.17) is 11.1 Å². The number of aryl methyl sites for hydroxylation is 2. The molecule has 7 heteroatoms. The van der Waals surface area contributed by atoms with Gasteiger partial charge >= 0.3 is 0 Å². The van der Waals surface area contributed by atoms with Gasteiger partial charge in [0.15, 0.2) is 0 Å². The molecule has 6 nitrogen and oxygen atoms in total. The molecule has 2 aromatic carbocycles. The third kappa shape index (κ3) is 7.90. The normalized spacial score (nSPS) is 11.4. The number of hydrazine groups is 1. The molecular weight excluding hydrogens is 405 g/mol. The van der Waals surface area contributed by atoms with Gasteiger partial charge < -0.3 is 10.6 Å². The average Bonchev–Trinajstić information content (AvgIpc) is 2.77. The Kier molecular flexibility index (Phi) is 11.1. The van der Waals surface area contributed by atoms with E-state index in [1.54, 1.807) is 12.1 Å². The van der Waals surface area contributed by atoms with Crippen molar-refractivity contribution >= 4 is 25.9 Å². The molecule has 0 radical (unpaired) electrons. The Bertz CT molecular complexity index is 938. The van der Waals surface area contributed by atoms with E-state index in [1.165, 1.54) is 0 Å². The number of anilines is 2. The predicted octanol–water partition coefficient (Wildman–Crippen LogP) is 5.38. The number of allylic oxidation sites excluding steroid dienone is 1. The van der Waals surface area contributed by atoms with Crippen LogP contribution < -0.4 is 21.9 Å². The molecule has 1 amide bonds. The first-order valence-corrected chi connectivity index (χ1v) is 11.2. The van der Waals surface area contributed by atoms with Crippen LogP contribution in [-0.2, 0) is 0 Å². The molecule has 2 aromatic rings. The summed E-state index contributed by atoms with van der Waals surface area (Å²) in [5.41, 5.74) is 8.01. The van der Waals surface area contributed by atoms with Gasteiger partial charge in [0, 0.05) is 22.4 Å². The molecule has 0 bridgehead atoms. The number of hydrogen-bond acceptors (Lipinski definition) is 5. The summed E-state index contributed by atoms with van der Waals surface area (Å²) in [6.07, 6.45) is 4.09.